The Hall–Kier alpha value is -2.37. The second kappa shape index (κ2) is 7.06. The highest BCUT2D eigenvalue weighted by Gasteiger charge is 2.25. The van der Waals surface area contributed by atoms with E-state index in [1.54, 1.807) is 18.6 Å². The summed E-state index contributed by atoms with van der Waals surface area (Å²) in [5, 5.41) is 3.04. The number of carbonyl (C=O) groups excluding carboxylic acids is 1. The van der Waals surface area contributed by atoms with Gasteiger partial charge in [0, 0.05) is 56.9 Å². The summed E-state index contributed by atoms with van der Waals surface area (Å²) in [6.07, 6.45) is 10.9. The lowest BCUT2D eigenvalue weighted by molar-refractivity contribution is -0.125. The maximum atomic E-state index is 12.2. The van der Waals surface area contributed by atoms with E-state index >= 15 is 0 Å². The number of anilines is 1. The molecule has 0 bridgehead atoms. The number of rotatable bonds is 5. The normalized spacial score (nSPS) is 15.7. The molecule has 0 unspecified atom stereocenters. The Morgan fingerprint density at radius 2 is 2.00 bits per heavy atom. The molecule has 3 heterocycles. The molecule has 6 heteroatoms. The highest BCUT2D eigenvalue weighted by atomic mass is 16.1. The predicted molar refractivity (Wildman–Crippen MR) is 84.4 cm³/mol. The lowest BCUT2D eigenvalue weighted by Crippen LogP contribution is -2.41. The van der Waals surface area contributed by atoms with Crippen molar-refractivity contribution in [3.63, 3.8) is 0 Å². The first-order valence-corrected chi connectivity index (χ1v) is 7.72. The monoisotopic (exact) mass is 299 g/mol. The highest BCUT2D eigenvalue weighted by Crippen LogP contribution is 2.21. The molecular formula is C16H21N5O. The van der Waals surface area contributed by atoms with Gasteiger partial charge in [0.2, 0.25) is 5.91 Å². The quantitative estimate of drug-likeness (QED) is 0.904. The van der Waals surface area contributed by atoms with Crippen molar-refractivity contribution in [3.8, 4) is 0 Å². The molecule has 2 aromatic heterocycles. The Kier molecular flexibility index (Phi) is 4.68. The third-order valence-electron chi connectivity index (χ3n) is 4.07. The molecule has 0 radical (unpaired) electrons. The highest BCUT2D eigenvalue weighted by molar-refractivity contribution is 5.78. The van der Waals surface area contributed by atoms with Crippen LogP contribution >= 0.6 is 0 Å². The van der Waals surface area contributed by atoms with E-state index in [-0.39, 0.29) is 11.8 Å². The maximum absolute atomic E-state index is 12.2. The molecule has 1 fully saturated rings. The Labute approximate surface area is 130 Å². The molecule has 3 rings (SSSR count). The minimum absolute atomic E-state index is 0.109. The van der Waals surface area contributed by atoms with Crippen LogP contribution in [0.4, 0.5) is 5.82 Å². The molecule has 1 amide bonds. The van der Waals surface area contributed by atoms with E-state index in [1.165, 1.54) is 0 Å². The number of hydrogen-bond acceptors (Lipinski definition) is 4. The third-order valence-corrected chi connectivity index (χ3v) is 4.07. The second-order valence-electron chi connectivity index (χ2n) is 5.54. The van der Waals surface area contributed by atoms with Crippen molar-refractivity contribution in [1.29, 1.82) is 0 Å². The lowest BCUT2D eigenvalue weighted by Gasteiger charge is -2.31. The molecule has 1 N–H and O–H groups in total. The van der Waals surface area contributed by atoms with E-state index in [2.05, 4.69) is 24.8 Å². The van der Waals surface area contributed by atoms with Gasteiger partial charge in [-0.15, -0.1) is 0 Å². The van der Waals surface area contributed by atoms with Gasteiger partial charge in [-0.2, -0.15) is 0 Å². The smallest absolute Gasteiger partial charge is 0.223 e. The van der Waals surface area contributed by atoms with Crippen LogP contribution in [0.15, 0.2) is 43.1 Å². The average Bonchev–Trinajstić information content (AvgIpc) is 3.09. The lowest BCUT2D eigenvalue weighted by atomic mass is 9.96. The summed E-state index contributed by atoms with van der Waals surface area (Å²) in [6.45, 7) is 3.21. The van der Waals surface area contributed by atoms with Crippen molar-refractivity contribution in [1.82, 2.24) is 19.9 Å². The van der Waals surface area contributed by atoms with Gasteiger partial charge in [-0.1, -0.05) is 0 Å². The molecule has 1 aliphatic rings. The van der Waals surface area contributed by atoms with Crippen LogP contribution in [-0.2, 0) is 11.3 Å². The number of nitrogens with one attached hydrogen (secondary N) is 1. The summed E-state index contributed by atoms with van der Waals surface area (Å²) >= 11 is 0. The molecule has 0 saturated carbocycles. The number of carbonyl (C=O) groups is 1. The van der Waals surface area contributed by atoms with Crippen LogP contribution in [0, 0.1) is 5.92 Å². The fraction of sp³-hybridized carbons (Fsp3) is 0.438. The van der Waals surface area contributed by atoms with Crippen molar-refractivity contribution in [3.05, 3.63) is 43.1 Å². The Balaban J connectivity index is 1.42. The maximum Gasteiger partial charge on any atom is 0.223 e. The summed E-state index contributed by atoms with van der Waals surface area (Å²) in [6, 6.07) is 3.98. The molecule has 0 atom stereocenters. The summed E-state index contributed by atoms with van der Waals surface area (Å²) < 4.78 is 2.07. The average molecular weight is 299 g/mol. The topological polar surface area (TPSA) is 63.1 Å². The summed E-state index contributed by atoms with van der Waals surface area (Å²) in [5.41, 5.74) is 0. The van der Waals surface area contributed by atoms with Gasteiger partial charge < -0.3 is 14.8 Å². The molecule has 1 aliphatic heterocycles. The van der Waals surface area contributed by atoms with Gasteiger partial charge in [0.1, 0.15) is 5.82 Å². The van der Waals surface area contributed by atoms with E-state index in [9.17, 15) is 4.79 Å². The number of hydrogen-bond donors (Lipinski definition) is 1. The van der Waals surface area contributed by atoms with Crippen molar-refractivity contribution in [2.24, 2.45) is 5.92 Å². The molecule has 22 heavy (non-hydrogen) atoms. The molecule has 2 aromatic rings. The molecule has 6 nitrogen and oxygen atoms in total. The van der Waals surface area contributed by atoms with E-state index in [0.717, 1.165) is 38.3 Å². The Morgan fingerprint density at radius 3 is 2.68 bits per heavy atom. The van der Waals surface area contributed by atoms with E-state index in [1.807, 2.05) is 24.5 Å². The van der Waals surface area contributed by atoms with Crippen molar-refractivity contribution >= 4 is 11.7 Å². The van der Waals surface area contributed by atoms with Gasteiger partial charge in [-0.25, -0.2) is 4.98 Å². The Morgan fingerprint density at radius 1 is 1.23 bits per heavy atom. The molecule has 1 saturated heterocycles. The Bertz CT molecular complexity index is 576. The third kappa shape index (κ3) is 3.63. The molecule has 116 valence electrons. The molecular weight excluding hydrogens is 278 g/mol. The molecule has 0 aromatic carbocycles. The number of nitrogens with zero attached hydrogens (tertiary/aromatic N) is 4. The van der Waals surface area contributed by atoms with E-state index in [4.69, 9.17) is 0 Å². The molecule has 0 aliphatic carbocycles. The van der Waals surface area contributed by atoms with Crippen molar-refractivity contribution < 1.29 is 4.79 Å². The minimum Gasteiger partial charge on any atom is -0.355 e. The van der Waals surface area contributed by atoms with Crippen LogP contribution in [0.2, 0.25) is 0 Å². The first kappa shape index (κ1) is 14.6. The standard InChI is InChI=1S/C16H21N5O/c22-16(19-7-12-20-8-1-2-9-20)14-3-10-21(11-4-14)15-13-17-5-6-18-15/h1-2,5-6,8-9,13-14H,3-4,7,10-12H2,(H,19,22). The van der Waals surface area contributed by atoms with Crippen LogP contribution in [-0.4, -0.2) is 40.1 Å². The molecule has 0 spiro atoms. The van der Waals surface area contributed by atoms with Crippen LogP contribution < -0.4 is 10.2 Å². The summed E-state index contributed by atoms with van der Waals surface area (Å²) in [4.78, 5) is 22.8. The van der Waals surface area contributed by atoms with Gasteiger partial charge in [-0.05, 0) is 25.0 Å². The first-order valence-electron chi connectivity index (χ1n) is 7.72. The van der Waals surface area contributed by atoms with Crippen LogP contribution in [0.3, 0.4) is 0 Å². The van der Waals surface area contributed by atoms with Gasteiger partial charge in [0.25, 0.3) is 0 Å². The van der Waals surface area contributed by atoms with Crippen molar-refractivity contribution in [2.75, 3.05) is 24.5 Å². The van der Waals surface area contributed by atoms with Crippen LogP contribution in [0.5, 0.6) is 0 Å². The second-order valence-corrected chi connectivity index (χ2v) is 5.54. The van der Waals surface area contributed by atoms with Gasteiger partial charge >= 0.3 is 0 Å². The summed E-state index contributed by atoms with van der Waals surface area (Å²) in [7, 11) is 0. The van der Waals surface area contributed by atoms with Crippen molar-refractivity contribution in [2.45, 2.75) is 19.4 Å². The van der Waals surface area contributed by atoms with Crippen LogP contribution in [0.25, 0.3) is 0 Å². The fourth-order valence-corrected chi connectivity index (χ4v) is 2.80. The summed E-state index contributed by atoms with van der Waals surface area (Å²) in [5.74, 6) is 1.18. The minimum atomic E-state index is 0.109. The zero-order valence-electron chi connectivity index (χ0n) is 12.6. The zero-order chi connectivity index (χ0) is 15.2. The van der Waals surface area contributed by atoms with Crippen LogP contribution in [0.1, 0.15) is 12.8 Å². The van der Waals surface area contributed by atoms with Gasteiger partial charge in [-0.3, -0.25) is 9.78 Å². The number of aromatic nitrogens is 3. The fourth-order valence-electron chi connectivity index (χ4n) is 2.80. The zero-order valence-corrected chi connectivity index (χ0v) is 12.6. The number of amides is 1. The van der Waals surface area contributed by atoms with Gasteiger partial charge in [0.15, 0.2) is 0 Å². The van der Waals surface area contributed by atoms with E-state index in [0.29, 0.717) is 6.54 Å². The SMILES string of the molecule is O=C(NCCn1cccc1)C1CCN(c2cnccn2)CC1. The van der Waals surface area contributed by atoms with E-state index < -0.39 is 0 Å². The van der Waals surface area contributed by atoms with Gasteiger partial charge in [0.05, 0.1) is 6.20 Å². The largest absolute Gasteiger partial charge is 0.355 e. The first-order chi connectivity index (χ1) is 10.8. The number of piperidine rings is 1. The predicted octanol–water partition coefficient (Wildman–Crippen LogP) is 1.31.